The first-order valence-corrected chi connectivity index (χ1v) is 9.76. The van der Waals surface area contributed by atoms with Gasteiger partial charge < -0.3 is 9.88 Å². The van der Waals surface area contributed by atoms with Crippen molar-refractivity contribution in [3.63, 3.8) is 0 Å². The molecule has 140 valence electrons. The molecular formula is C23H23N5. The fraction of sp³-hybridized carbons (Fsp3) is 0.217. The lowest BCUT2D eigenvalue weighted by Crippen LogP contribution is -2.46. The number of aromatic amines is 1. The molecule has 2 aromatic heterocycles. The van der Waals surface area contributed by atoms with E-state index in [1.54, 1.807) is 0 Å². The molecule has 2 aromatic carbocycles. The molecule has 5 rings (SSSR count). The van der Waals surface area contributed by atoms with Crippen LogP contribution in [0.1, 0.15) is 5.69 Å². The SMILES string of the molecule is c1ccc(N2CCN(Cc3cnc(-c4ccc5ccccc5c4)[nH]3)CC2)nc1. The van der Waals surface area contributed by atoms with Crippen molar-refractivity contribution in [1.29, 1.82) is 0 Å². The van der Waals surface area contributed by atoms with Crippen LogP contribution in [0.4, 0.5) is 5.82 Å². The molecule has 5 nitrogen and oxygen atoms in total. The molecule has 1 aliphatic heterocycles. The van der Waals surface area contributed by atoms with Gasteiger partial charge in [0, 0.05) is 56.4 Å². The third-order valence-electron chi connectivity index (χ3n) is 5.39. The second kappa shape index (κ2) is 7.44. The number of hydrogen-bond acceptors (Lipinski definition) is 4. The quantitative estimate of drug-likeness (QED) is 0.592. The minimum atomic E-state index is 0.899. The average Bonchev–Trinajstić information content (AvgIpc) is 3.23. The largest absolute Gasteiger partial charge is 0.354 e. The van der Waals surface area contributed by atoms with E-state index < -0.39 is 0 Å². The number of anilines is 1. The fourth-order valence-electron chi connectivity index (χ4n) is 3.84. The molecule has 5 heteroatoms. The minimum absolute atomic E-state index is 0.899. The monoisotopic (exact) mass is 369 g/mol. The molecule has 0 saturated carbocycles. The van der Waals surface area contributed by atoms with Crippen molar-refractivity contribution in [2.45, 2.75) is 6.54 Å². The maximum atomic E-state index is 4.62. The number of rotatable bonds is 4. The Labute approximate surface area is 164 Å². The molecule has 0 spiro atoms. The van der Waals surface area contributed by atoms with Crippen molar-refractivity contribution in [2.75, 3.05) is 31.1 Å². The van der Waals surface area contributed by atoms with Gasteiger partial charge in [0.15, 0.2) is 0 Å². The minimum Gasteiger partial charge on any atom is -0.354 e. The van der Waals surface area contributed by atoms with Crippen LogP contribution < -0.4 is 4.90 Å². The van der Waals surface area contributed by atoms with Gasteiger partial charge in [-0.05, 0) is 29.0 Å². The molecule has 1 aliphatic rings. The van der Waals surface area contributed by atoms with Crippen LogP contribution in [0.3, 0.4) is 0 Å². The van der Waals surface area contributed by atoms with E-state index >= 15 is 0 Å². The molecule has 0 aliphatic carbocycles. The number of fused-ring (bicyclic) bond motifs is 1. The summed E-state index contributed by atoms with van der Waals surface area (Å²) in [6.07, 6.45) is 3.83. The predicted molar refractivity (Wildman–Crippen MR) is 113 cm³/mol. The zero-order valence-corrected chi connectivity index (χ0v) is 15.8. The molecule has 0 amide bonds. The topological polar surface area (TPSA) is 48.0 Å². The fourth-order valence-corrected chi connectivity index (χ4v) is 3.84. The highest BCUT2D eigenvalue weighted by Gasteiger charge is 2.18. The Bertz CT molecular complexity index is 1060. The lowest BCUT2D eigenvalue weighted by Gasteiger charge is -2.35. The molecule has 1 fully saturated rings. The maximum Gasteiger partial charge on any atom is 0.137 e. The Kier molecular flexibility index (Phi) is 4.51. The Morgan fingerprint density at radius 3 is 2.46 bits per heavy atom. The highest BCUT2D eigenvalue weighted by molar-refractivity contribution is 5.86. The van der Waals surface area contributed by atoms with Crippen molar-refractivity contribution in [2.24, 2.45) is 0 Å². The number of benzene rings is 2. The van der Waals surface area contributed by atoms with E-state index in [-0.39, 0.29) is 0 Å². The number of piperazine rings is 1. The highest BCUT2D eigenvalue weighted by atomic mass is 15.3. The first-order valence-electron chi connectivity index (χ1n) is 9.76. The smallest absolute Gasteiger partial charge is 0.137 e. The summed E-state index contributed by atoms with van der Waals surface area (Å²) in [5.41, 5.74) is 2.29. The van der Waals surface area contributed by atoms with Crippen LogP contribution in [0.5, 0.6) is 0 Å². The van der Waals surface area contributed by atoms with Crippen LogP contribution in [0.15, 0.2) is 73.1 Å². The first-order chi connectivity index (χ1) is 13.8. The van der Waals surface area contributed by atoms with Gasteiger partial charge in [-0.1, -0.05) is 42.5 Å². The molecule has 28 heavy (non-hydrogen) atoms. The second-order valence-electron chi connectivity index (χ2n) is 7.27. The zero-order valence-electron chi connectivity index (χ0n) is 15.8. The summed E-state index contributed by atoms with van der Waals surface area (Å²) in [5, 5.41) is 2.49. The van der Waals surface area contributed by atoms with Gasteiger partial charge in [-0.2, -0.15) is 0 Å². The van der Waals surface area contributed by atoms with Crippen molar-refractivity contribution in [1.82, 2.24) is 19.9 Å². The summed E-state index contributed by atoms with van der Waals surface area (Å²) < 4.78 is 0. The van der Waals surface area contributed by atoms with E-state index in [0.717, 1.165) is 55.6 Å². The van der Waals surface area contributed by atoms with Crippen molar-refractivity contribution < 1.29 is 0 Å². The summed E-state index contributed by atoms with van der Waals surface area (Å²) in [5.74, 6) is 2.01. The molecule has 0 radical (unpaired) electrons. The Balaban J connectivity index is 1.24. The lowest BCUT2D eigenvalue weighted by molar-refractivity contribution is 0.247. The third-order valence-corrected chi connectivity index (χ3v) is 5.39. The summed E-state index contributed by atoms with van der Waals surface area (Å²) >= 11 is 0. The van der Waals surface area contributed by atoms with Crippen LogP contribution in [-0.4, -0.2) is 46.0 Å². The number of hydrogen-bond donors (Lipinski definition) is 1. The number of aromatic nitrogens is 3. The number of imidazole rings is 1. The maximum absolute atomic E-state index is 4.62. The van der Waals surface area contributed by atoms with Gasteiger partial charge in [-0.3, -0.25) is 4.90 Å². The first kappa shape index (κ1) is 17.0. The third kappa shape index (κ3) is 3.49. The van der Waals surface area contributed by atoms with Crippen LogP contribution in [0.2, 0.25) is 0 Å². The summed E-state index contributed by atoms with van der Waals surface area (Å²) in [7, 11) is 0. The number of nitrogens with one attached hydrogen (secondary N) is 1. The van der Waals surface area contributed by atoms with E-state index in [1.165, 1.54) is 10.8 Å². The number of nitrogens with zero attached hydrogens (tertiary/aromatic N) is 4. The Morgan fingerprint density at radius 2 is 1.64 bits per heavy atom. The van der Waals surface area contributed by atoms with Gasteiger partial charge >= 0.3 is 0 Å². The van der Waals surface area contributed by atoms with Gasteiger partial charge in [0.1, 0.15) is 11.6 Å². The van der Waals surface area contributed by atoms with E-state index in [2.05, 4.69) is 73.3 Å². The summed E-state index contributed by atoms with van der Waals surface area (Å²) in [6, 6.07) is 21.0. The summed E-state index contributed by atoms with van der Waals surface area (Å²) in [6.45, 7) is 4.96. The van der Waals surface area contributed by atoms with E-state index in [1.807, 2.05) is 24.5 Å². The molecule has 0 bridgehead atoms. The molecule has 1 saturated heterocycles. The summed E-state index contributed by atoms with van der Waals surface area (Å²) in [4.78, 5) is 17.4. The molecular weight excluding hydrogens is 346 g/mol. The van der Waals surface area contributed by atoms with E-state index in [0.29, 0.717) is 0 Å². The van der Waals surface area contributed by atoms with Crippen molar-refractivity contribution >= 4 is 16.6 Å². The predicted octanol–water partition coefficient (Wildman–Crippen LogP) is 3.95. The van der Waals surface area contributed by atoms with E-state index in [9.17, 15) is 0 Å². The average molecular weight is 369 g/mol. The lowest BCUT2D eigenvalue weighted by atomic mass is 10.1. The zero-order chi connectivity index (χ0) is 18.8. The molecule has 0 unspecified atom stereocenters. The normalized spacial score (nSPS) is 15.2. The van der Waals surface area contributed by atoms with Gasteiger partial charge in [-0.15, -0.1) is 0 Å². The van der Waals surface area contributed by atoms with Crippen LogP contribution in [0, 0.1) is 0 Å². The van der Waals surface area contributed by atoms with Crippen LogP contribution in [-0.2, 0) is 6.54 Å². The number of H-pyrrole nitrogens is 1. The van der Waals surface area contributed by atoms with Gasteiger partial charge in [-0.25, -0.2) is 9.97 Å². The standard InChI is InChI=1S/C23H23N5/c1-2-6-19-15-20(9-8-18(19)5-1)23-25-16-21(26-23)17-27-11-13-28(14-12-27)22-7-3-4-10-24-22/h1-10,15-16H,11-14,17H2,(H,25,26). The second-order valence-corrected chi connectivity index (χ2v) is 7.27. The molecule has 4 aromatic rings. The van der Waals surface area contributed by atoms with E-state index in [4.69, 9.17) is 0 Å². The number of pyridine rings is 1. The van der Waals surface area contributed by atoms with Crippen LogP contribution >= 0.6 is 0 Å². The van der Waals surface area contributed by atoms with Crippen molar-refractivity contribution in [3.8, 4) is 11.4 Å². The Morgan fingerprint density at radius 1 is 0.821 bits per heavy atom. The van der Waals surface area contributed by atoms with Gasteiger partial charge in [0.05, 0.1) is 0 Å². The Hall–Kier alpha value is -3.18. The molecule has 0 atom stereocenters. The molecule has 3 heterocycles. The van der Waals surface area contributed by atoms with Crippen molar-refractivity contribution in [3.05, 3.63) is 78.8 Å². The highest BCUT2D eigenvalue weighted by Crippen LogP contribution is 2.23. The van der Waals surface area contributed by atoms with Gasteiger partial charge in [0.25, 0.3) is 0 Å². The molecule has 1 N–H and O–H groups in total. The van der Waals surface area contributed by atoms with Gasteiger partial charge in [0.2, 0.25) is 0 Å². The van der Waals surface area contributed by atoms with Crippen LogP contribution in [0.25, 0.3) is 22.2 Å².